The fourth-order valence-electron chi connectivity index (χ4n) is 12.7. The minimum atomic E-state index is -0.0961. The molecule has 0 atom stereocenters. The number of benzene rings is 10. The van der Waals surface area contributed by atoms with E-state index < -0.39 is 0 Å². The molecule has 0 bridgehead atoms. The Kier molecular flexibility index (Phi) is 8.99. The minimum absolute atomic E-state index is 0.0961. The summed E-state index contributed by atoms with van der Waals surface area (Å²) >= 11 is 0. The van der Waals surface area contributed by atoms with Crippen molar-refractivity contribution in [2.75, 3.05) is 0 Å². The molecular weight excluding hydrogens is 899 g/mol. The molecule has 2 aliphatic carbocycles. The highest BCUT2D eigenvalue weighted by molar-refractivity contribution is 6.12. The van der Waals surface area contributed by atoms with Gasteiger partial charge in [0.2, 0.25) is 11.9 Å². The van der Waals surface area contributed by atoms with Gasteiger partial charge in [-0.3, -0.25) is 9.13 Å². The van der Waals surface area contributed by atoms with Crippen LogP contribution in [-0.4, -0.2) is 24.1 Å². The van der Waals surface area contributed by atoms with Gasteiger partial charge in [0.05, 0.1) is 22.1 Å². The van der Waals surface area contributed by atoms with E-state index in [1.54, 1.807) is 0 Å². The van der Waals surface area contributed by atoms with Crippen LogP contribution in [0, 0.1) is 0 Å². The zero-order chi connectivity index (χ0) is 49.5. The van der Waals surface area contributed by atoms with E-state index in [4.69, 9.17) is 15.0 Å². The number of fused-ring (bicyclic) bond motifs is 12. The molecular formula is C69H49N5. The Hall–Kier alpha value is -9.19. The van der Waals surface area contributed by atoms with Crippen molar-refractivity contribution in [3.8, 4) is 78.9 Å². The third kappa shape index (κ3) is 6.13. The van der Waals surface area contributed by atoms with Crippen LogP contribution < -0.4 is 0 Å². The van der Waals surface area contributed by atoms with Gasteiger partial charge in [0.25, 0.3) is 0 Å². The first-order valence-electron chi connectivity index (χ1n) is 25.7. The number of rotatable bonds is 6. The normalized spacial score (nSPS) is 13.9. The number of hydrogen-bond acceptors (Lipinski definition) is 3. The molecule has 74 heavy (non-hydrogen) atoms. The number of hydrogen-bond donors (Lipinski definition) is 0. The second-order valence-electron chi connectivity index (χ2n) is 21.2. The van der Waals surface area contributed by atoms with Crippen LogP contribution in [0.2, 0.25) is 0 Å². The summed E-state index contributed by atoms with van der Waals surface area (Å²) in [5.41, 5.74) is 22.5. The van der Waals surface area contributed by atoms with Gasteiger partial charge in [-0.15, -0.1) is 0 Å². The molecule has 10 aromatic carbocycles. The van der Waals surface area contributed by atoms with Crippen LogP contribution in [0.25, 0.3) is 123 Å². The summed E-state index contributed by atoms with van der Waals surface area (Å²) in [5.74, 6) is 1.69. The lowest BCUT2D eigenvalue weighted by atomic mass is 9.81. The summed E-state index contributed by atoms with van der Waals surface area (Å²) in [4.78, 5) is 16.6. The quantitative estimate of drug-likeness (QED) is 0.167. The summed E-state index contributed by atoms with van der Waals surface area (Å²) in [6.45, 7) is 9.39. The third-order valence-corrected chi connectivity index (χ3v) is 16.4. The Bertz CT molecular complexity index is 4250. The largest absolute Gasteiger partial charge is 0.278 e. The zero-order valence-electron chi connectivity index (χ0n) is 41.6. The molecule has 0 unspecified atom stereocenters. The van der Waals surface area contributed by atoms with Crippen LogP contribution >= 0.6 is 0 Å². The molecule has 5 nitrogen and oxygen atoms in total. The SMILES string of the molecule is CC1(C)c2ccccc2-c2ccc(-c3ccc4c(c3)c3ccccc3n4-c3nc(-c4ccccc4-c4ccccc4)nc(-n4c5ccccc5c5cc(-c6ccc7c(c6)C(C)(C)c6ccccc6-7)ccc54)n3)cc21. The van der Waals surface area contributed by atoms with Gasteiger partial charge in [0.1, 0.15) is 0 Å². The molecule has 0 radical (unpaired) electrons. The van der Waals surface area contributed by atoms with Gasteiger partial charge in [-0.2, -0.15) is 15.0 Å². The first-order valence-corrected chi connectivity index (χ1v) is 25.7. The molecule has 3 aromatic heterocycles. The molecule has 0 fully saturated rings. The Morgan fingerprint density at radius 3 is 1.16 bits per heavy atom. The maximum absolute atomic E-state index is 5.56. The van der Waals surface area contributed by atoms with Crippen LogP contribution in [-0.2, 0) is 10.8 Å². The third-order valence-electron chi connectivity index (χ3n) is 16.4. The van der Waals surface area contributed by atoms with Crippen molar-refractivity contribution in [2.45, 2.75) is 38.5 Å². The van der Waals surface area contributed by atoms with Gasteiger partial charge < -0.3 is 0 Å². The van der Waals surface area contributed by atoms with E-state index in [-0.39, 0.29) is 10.8 Å². The molecule has 0 saturated carbocycles. The highest BCUT2D eigenvalue weighted by Gasteiger charge is 2.37. The lowest BCUT2D eigenvalue weighted by Crippen LogP contribution is -2.14. The fourth-order valence-corrected chi connectivity index (χ4v) is 12.7. The average molecular weight is 948 g/mol. The molecule has 0 amide bonds. The maximum Gasteiger partial charge on any atom is 0.240 e. The number of nitrogens with zero attached hydrogens (tertiary/aromatic N) is 5. The van der Waals surface area contributed by atoms with Crippen molar-refractivity contribution >= 4 is 43.6 Å². The van der Waals surface area contributed by atoms with Crippen molar-refractivity contribution < 1.29 is 0 Å². The predicted octanol–water partition coefficient (Wildman–Crippen LogP) is 17.3. The number of aromatic nitrogens is 5. The van der Waals surface area contributed by atoms with E-state index in [9.17, 15) is 0 Å². The molecule has 13 aromatic rings. The summed E-state index contributed by atoms with van der Waals surface area (Å²) in [6.07, 6.45) is 0. The molecule has 350 valence electrons. The average Bonchev–Trinajstić information content (AvgIpc) is 4.12. The second kappa shape index (κ2) is 15.7. The van der Waals surface area contributed by atoms with E-state index in [0.717, 1.165) is 60.3 Å². The van der Waals surface area contributed by atoms with Gasteiger partial charge in [0, 0.05) is 37.9 Å². The summed E-state index contributed by atoms with van der Waals surface area (Å²) in [6, 6.07) is 81.7. The van der Waals surface area contributed by atoms with Gasteiger partial charge in [-0.1, -0.05) is 204 Å². The van der Waals surface area contributed by atoms with Gasteiger partial charge in [0.15, 0.2) is 5.82 Å². The standard InChI is InChI=1S/C69H49N5/c1-68(2)57-26-14-10-21-48(57)50-34-30-45(40-59(50)68)43-32-36-63-55(38-43)52-23-12-16-28-61(52)73(63)66-70-65(54-25-9-8-20-47(54)42-18-6-5-7-19-42)71-67(72-66)74-62-29-17-13-24-53(62)56-39-44(33-37-64(56)74)46-31-35-51-49-22-11-15-27-58(49)69(3,4)60(51)41-46/h5-41H,1-4H3. The van der Waals surface area contributed by atoms with Crippen molar-refractivity contribution in [3.63, 3.8) is 0 Å². The van der Waals surface area contributed by atoms with E-state index in [0.29, 0.717) is 17.7 Å². The van der Waals surface area contributed by atoms with Gasteiger partial charge >= 0.3 is 0 Å². The molecule has 3 heterocycles. The zero-order valence-corrected chi connectivity index (χ0v) is 41.6. The summed E-state index contributed by atoms with van der Waals surface area (Å²) in [7, 11) is 0. The highest BCUT2D eigenvalue weighted by atomic mass is 15.3. The lowest BCUT2D eigenvalue weighted by Gasteiger charge is -2.22. The minimum Gasteiger partial charge on any atom is -0.278 e. The van der Waals surface area contributed by atoms with Crippen molar-refractivity contribution in [1.82, 2.24) is 24.1 Å². The molecule has 0 spiro atoms. The van der Waals surface area contributed by atoms with Crippen LogP contribution in [0.3, 0.4) is 0 Å². The van der Waals surface area contributed by atoms with Gasteiger partial charge in [-0.05, 0) is 126 Å². The molecule has 0 N–H and O–H groups in total. The Morgan fingerprint density at radius 1 is 0.270 bits per heavy atom. The fraction of sp³-hybridized carbons (Fsp3) is 0.0870. The van der Waals surface area contributed by atoms with E-state index in [1.165, 1.54) is 66.8 Å². The van der Waals surface area contributed by atoms with Gasteiger partial charge in [-0.25, -0.2) is 0 Å². The van der Waals surface area contributed by atoms with Crippen LogP contribution in [0.15, 0.2) is 224 Å². The van der Waals surface area contributed by atoms with Crippen molar-refractivity contribution in [1.29, 1.82) is 0 Å². The summed E-state index contributed by atoms with van der Waals surface area (Å²) < 4.78 is 4.46. The molecule has 0 aliphatic heterocycles. The van der Waals surface area contributed by atoms with E-state index in [2.05, 4.69) is 261 Å². The second-order valence-corrected chi connectivity index (χ2v) is 21.2. The van der Waals surface area contributed by atoms with Crippen molar-refractivity contribution in [2.24, 2.45) is 0 Å². The Morgan fingerprint density at radius 2 is 0.649 bits per heavy atom. The number of para-hydroxylation sites is 2. The van der Waals surface area contributed by atoms with Crippen LogP contribution in [0.4, 0.5) is 0 Å². The predicted molar refractivity (Wildman–Crippen MR) is 305 cm³/mol. The molecule has 5 heteroatoms. The highest BCUT2D eigenvalue weighted by Crippen LogP contribution is 2.51. The maximum atomic E-state index is 5.56. The van der Waals surface area contributed by atoms with Crippen LogP contribution in [0.1, 0.15) is 49.9 Å². The van der Waals surface area contributed by atoms with E-state index >= 15 is 0 Å². The van der Waals surface area contributed by atoms with Crippen molar-refractivity contribution in [3.05, 3.63) is 247 Å². The molecule has 2 aliphatic rings. The topological polar surface area (TPSA) is 48.5 Å². The first-order chi connectivity index (χ1) is 36.2. The van der Waals surface area contributed by atoms with Crippen LogP contribution in [0.5, 0.6) is 0 Å². The Balaban J connectivity index is 0.929. The Labute approximate surface area is 429 Å². The first kappa shape index (κ1) is 42.5. The lowest BCUT2D eigenvalue weighted by molar-refractivity contribution is 0.660. The van der Waals surface area contributed by atoms with E-state index in [1.807, 2.05) is 0 Å². The summed E-state index contributed by atoms with van der Waals surface area (Å²) in [5, 5.41) is 4.54. The molecule has 15 rings (SSSR count). The smallest absolute Gasteiger partial charge is 0.240 e. The monoisotopic (exact) mass is 947 g/mol. The molecule has 0 saturated heterocycles.